The third-order valence-corrected chi connectivity index (χ3v) is 6.73. The zero-order valence-electron chi connectivity index (χ0n) is 10.5. The van der Waals surface area contributed by atoms with Crippen molar-refractivity contribution in [1.29, 1.82) is 0 Å². The fourth-order valence-corrected chi connectivity index (χ4v) is 6.30. The highest BCUT2D eigenvalue weighted by Gasteiger charge is 2.51. The highest BCUT2D eigenvalue weighted by molar-refractivity contribution is 5.00. The van der Waals surface area contributed by atoms with E-state index in [2.05, 4.69) is 0 Å². The highest BCUT2D eigenvalue weighted by atomic mass is 14.6. The lowest BCUT2D eigenvalue weighted by Gasteiger charge is -2.51. The van der Waals surface area contributed by atoms with Crippen molar-refractivity contribution in [3.8, 4) is 0 Å². The Bertz CT molecular complexity index is 269. The standard InChI is InChI=1S/C16H26/c1-2-6-14-12(4-1)10-13-9-8-11-5-3-7-15(14)16(11)13/h11-16H,1-10H2. The molecule has 0 nitrogen and oxygen atoms in total. The molecule has 0 bridgehead atoms. The van der Waals surface area contributed by atoms with Gasteiger partial charge in [0.15, 0.2) is 0 Å². The summed E-state index contributed by atoms with van der Waals surface area (Å²) >= 11 is 0. The van der Waals surface area contributed by atoms with Gasteiger partial charge in [-0.3, -0.25) is 0 Å². The van der Waals surface area contributed by atoms with Crippen LogP contribution >= 0.6 is 0 Å². The molecule has 0 aromatic rings. The van der Waals surface area contributed by atoms with E-state index >= 15 is 0 Å². The molecule has 4 saturated carbocycles. The fourth-order valence-electron chi connectivity index (χ4n) is 6.30. The molecule has 0 spiro atoms. The topological polar surface area (TPSA) is 0 Å². The van der Waals surface area contributed by atoms with E-state index in [1.807, 2.05) is 0 Å². The van der Waals surface area contributed by atoms with Crippen LogP contribution in [0, 0.1) is 35.5 Å². The Hall–Kier alpha value is 0. The molecule has 0 saturated heterocycles. The summed E-state index contributed by atoms with van der Waals surface area (Å²) < 4.78 is 0. The first-order valence-electron chi connectivity index (χ1n) is 7.93. The molecular formula is C16H26. The third kappa shape index (κ3) is 1.34. The van der Waals surface area contributed by atoms with Crippen LogP contribution in [0.25, 0.3) is 0 Å². The minimum atomic E-state index is 1.16. The number of fused-ring (bicyclic) bond motifs is 2. The average molecular weight is 218 g/mol. The Kier molecular flexibility index (Phi) is 2.34. The lowest BCUT2D eigenvalue weighted by atomic mass is 9.54. The second-order valence-electron chi connectivity index (χ2n) is 7.21. The molecule has 4 aliphatic carbocycles. The SMILES string of the molecule is C1CCC2C(C1)CC1CCC3CCCC2C31. The Labute approximate surface area is 100 Å². The zero-order valence-corrected chi connectivity index (χ0v) is 10.5. The zero-order chi connectivity index (χ0) is 10.5. The minimum Gasteiger partial charge on any atom is -0.0530 e. The molecule has 0 N–H and O–H groups in total. The summed E-state index contributed by atoms with van der Waals surface area (Å²) in [5.41, 5.74) is 0. The van der Waals surface area contributed by atoms with Crippen LogP contribution < -0.4 is 0 Å². The van der Waals surface area contributed by atoms with Gasteiger partial charge in [0, 0.05) is 0 Å². The molecule has 0 radical (unpaired) electrons. The number of rotatable bonds is 0. The van der Waals surface area contributed by atoms with E-state index in [1.54, 1.807) is 64.2 Å². The van der Waals surface area contributed by atoms with Gasteiger partial charge in [-0.15, -0.1) is 0 Å². The van der Waals surface area contributed by atoms with Gasteiger partial charge in [-0.2, -0.15) is 0 Å². The van der Waals surface area contributed by atoms with Crippen molar-refractivity contribution < 1.29 is 0 Å². The van der Waals surface area contributed by atoms with Crippen molar-refractivity contribution in [2.45, 2.75) is 64.2 Å². The van der Waals surface area contributed by atoms with Crippen LogP contribution in [-0.4, -0.2) is 0 Å². The Balaban J connectivity index is 1.64. The van der Waals surface area contributed by atoms with Crippen LogP contribution in [0.15, 0.2) is 0 Å². The van der Waals surface area contributed by atoms with Crippen molar-refractivity contribution in [3.05, 3.63) is 0 Å². The second-order valence-corrected chi connectivity index (χ2v) is 7.21. The second kappa shape index (κ2) is 3.75. The first kappa shape index (κ1) is 9.97. The number of hydrogen-bond acceptors (Lipinski definition) is 0. The fraction of sp³-hybridized carbons (Fsp3) is 1.00. The summed E-state index contributed by atoms with van der Waals surface area (Å²) in [7, 11) is 0. The van der Waals surface area contributed by atoms with E-state index in [4.69, 9.17) is 0 Å². The summed E-state index contributed by atoms with van der Waals surface area (Å²) in [4.78, 5) is 0. The van der Waals surface area contributed by atoms with Crippen LogP contribution in [0.2, 0.25) is 0 Å². The predicted molar refractivity (Wildman–Crippen MR) is 67.1 cm³/mol. The van der Waals surface area contributed by atoms with Crippen molar-refractivity contribution in [2.24, 2.45) is 35.5 Å². The van der Waals surface area contributed by atoms with Crippen LogP contribution in [0.1, 0.15) is 64.2 Å². The predicted octanol–water partition coefficient (Wildman–Crippen LogP) is 4.64. The molecule has 0 amide bonds. The van der Waals surface area contributed by atoms with Gasteiger partial charge in [-0.25, -0.2) is 0 Å². The molecule has 4 fully saturated rings. The van der Waals surface area contributed by atoms with E-state index in [0.717, 1.165) is 5.92 Å². The molecule has 0 heteroatoms. The Morgan fingerprint density at radius 3 is 2.25 bits per heavy atom. The molecule has 90 valence electrons. The summed E-state index contributed by atoms with van der Waals surface area (Å²) in [6, 6.07) is 0. The Morgan fingerprint density at radius 1 is 0.500 bits per heavy atom. The maximum atomic E-state index is 1.64. The van der Waals surface area contributed by atoms with E-state index in [1.165, 1.54) is 29.6 Å². The smallest absolute Gasteiger partial charge is 0.0326 e. The van der Waals surface area contributed by atoms with E-state index < -0.39 is 0 Å². The van der Waals surface area contributed by atoms with Gasteiger partial charge < -0.3 is 0 Å². The monoisotopic (exact) mass is 218 g/mol. The third-order valence-electron chi connectivity index (χ3n) is 6.73. The van der Waals surface area contributed by atoms with Gasteiger partial charge in [-0.05, 0) is 67.6 Å². The Morgan fingerprint density at radius 2 is 1.25 bits per heavy atom. The lowest BCUT2D eigenvalue weighted by molar-refractivity contribution is -0.0166. The van der Waals surface area contributed by atoms with E-state index in [9.17, 15) is 0 Å². The average Bonchev–Trinajstić information content (AvgIpc) is 2.75. The van der Waals surface area contributed by atoms with Crippen LogP contribution in [-0.2, 0) is 0 Å². The highest BCUT2D eigenvalue weighted by Crippen LogP contribution is 2.60. The van der Waals surface area contributed by atoms with Gasteiger partial charge >= 0.3 is 0 Å². The molecule has 0 heterocycles. The molecule has 0 aromatic carbocycles. The van der Waals surface area contributed by atoms with Crippen molar-refractivity contribution >= 4 is 0 Å². The minimum absolute atomic E-state index is 1.16. The molecule has 4 aliphatic rings. The van der Waals surface area contributed by atoms with Gasteiger partial charge in [0.25, 0.3) is 0 Å². The lowest BCUT2D eigenvalue weighted by Crippen LogP contribution is -2.43. The summed E-state index contributed by atoms with van der Waals surface area (Å²) in [6.45, 7) is 0. The quantitative estimate of drug-likeness (QED) is 0.555. The van der Waals surface area contributed by atoms with E-state index in [0.29, 0.717) is 0 Å². The van der Waals surface area contributed by atoms with Gasteiger partial charge in [0.2, 0.25) is 0 Å². The molecule has 6 atom stereocenters. The van der Waals surface area contributed by atoms with Crippen LogP contribution in [0.5, 0.6) is 0 Å². The van der Waals surface area contributed by atoms with Gasteiger partial charge in [0.1, 0.15) is 0 Å². The molecule has 16 heavy (non-hydrogen) atoms. The number of hydrogen-bond donors (Lipinski definition) is 0. The van der Waals surface area contributed by atoms with Crippen molar-refractivity contribution in [1.82, 2.24) is 0 Å². The maximum Gasteiger partial charge on any atom is -0.0326 e. The molecular weight excluding hydrogens is 192 g/mol. The van der Waals surface area contributed by atoms with E-state index in [-0.39, 0.29) is 0 Å². The summed E-state index contributed by atoms with van der Waals surface area (Å²) in [6.07, 6.45) is 15.9. The summed E-state index contributed by atoms with van der Waals surface area (Å²) in [5, 5.41) is 0. The van der Waals surface area contributed by atoms with Crippen LogP contribution in [0.4, 0.5) is 0 Å². The van der Waals surface area contributed by atoms with Gasteiger partial charge in [-0.1, -0.05) is 32.1 Å². The van der Waals surface area contributed by atoms with Crippen LogP contribution in [0.3, 0.4) is 0 Å². The molecule has 0 aliphatic heterocycles. The normalized spacial score (nSPS) is 55.5. The van der Waals surface area contributed by atoms with Crippen molar-refractivity contribution in [3.63, 3.8) is 0 Å². The molecule has 6 unspecified atom stereocenters. The first-order valence-corrected chi connectivity index (χ1v) is 7.93. The van der Waals surface area contributed by atoms with Crippen molar-refractivity contribution in [2.75, 3.05) is 0 Å². The van der Waals surface area contributed by atoms with Gasteiger partial charge in [0.05, 0.1) is 0 Å². The largest absolute Gasteiger partial charge is 0.0530 e. The first-order chi connectivity index (χ1) is 7.93. The maximum absolute atomic E-state index is 1.64. The molecule has 0 aromatic heterocycles. The molecule has 4 rings (SSSR count). The summed E-state index contributed by atoms with van der Waals surface area (Å²) in [5.74, 6) is 7.08.